The van der Waals surface area contributed by atoms with E-state index in [0.29, 0.717) is 5.75 Å². The largest absolute Gasteiger partial charge is 0.861 e. The quantitative estimate of drug-likeness (QED) is 0.438. The van der Waals surface area contributed by atoms with Crippen LogP contribution >= 0.6 is 11.8 Å². The standard InChI is InChI=1S/C10H11N3O3S/c1-13-5-10(16-12-13)11-9(14)7-17-6-8-3-2-4-15-8/h2-5H,6-7H2,1H3. The molecule has 0 N–H and O–H groups in total. The third kappa shape index (κ3) is 3.63. The molecular weight excluding hydrogens is 242 g/mol. The fourth-order valence-corrected chi connectivity index (χ4v) is 1.86. The Labute approximate surface area is 102 Å². The molecule has 0 bridgehead atoms. The number of aromatic nitrogens is 2. The maximum atomic E-state index is 11.4. The number of thioether (sulfide) groups is 1. The summed E-state index contributed by atoms with van der Waals surface area (Å²) in [6.45, 7) is 0. The minimum absolute atomic E-state index is 0.219. The van der Waals surface area contributed by atoms with Crippen molar-refractivity contribution in [1.29, 1.82) is 0 Å². The zero-order valence-electron chi connectivity index (χ0n) is 9.20. The van der Waals surface area contributed by atoms with Gasteiger partial charge in [-0.15, -0.1) is 11.8 Å². The number of hydrogen-bond donors (Lipinski definition) is 0. The monoisotopic (exact) mass is 253 g/mol. The number of furan rings is 1. The molecule has 6 nitrogen and oxygen atoms in total. The van der Waals surface area contributed by atoms with Gasteiger partial charge in [-0.2, -0.15) is 0 Å². The topological polar surface area (TPSA) is 78.5 Å². The minimum Gasteiger partial charge on any atom is -0.861 e. The van der Waals surface area contributed by atoms with Gasteiger partial charge in [0.1, 0.15) is 5.76 Å². The van der Waals surface area contributed by atoms with Crippen molar-refractivity contribution >= 4 is 23.5 Å². The fraction of sp³-hybridized carbons (Fsp3) is 0.300. The minimum atomic E-state index is -0.252. The van der Waals surface area contributed by atoms with Crippen molar-refractivity contribution in [3.8, 4) is 0 Å². The molecule has 0 saturated carbocycles. The van der Waals surface area contributed by atoms with Gasteiger partial charge in [0.05, 0.1) is 12.0 Å². The first-order valence-corrected chi connectivity index (χ1v) is 6.07. The zero-order chi connectivity index (χ0) is 12.1. The highest BCUT2D eigenvalue weighted by atomic mass is 32.2. The van der Waals surface area contributed by atoms with Gasteiger partial charge in [0, 0.05) is 5.75 Å². The lowest BCUT2D eigenvalue weighted by molar-refractivity contribution is -0.739. The maximum absolute atomic E-state index is 11.4. The molecule has 90 valence electrons. The molecule has 2 rings (SSSR count). The van der Waals surface area contributed by atoms with Gasteiger partial charge in [0.2, 0.25) is 0 Å². The highest BCUT2D eigenvalue weighted by Gasteiger charge is 2.04. The summed E-state index contributed by atoms with van der Waals surface area (Å²) in [4.78, 5) is 3.76. The molecule has 0 aliphatic heterocycles. The molecular formula is C10H11N3O3S. The van der Waals surface area contributed by atoms with Crippen molar-refractivity contribution < 1.29 is 18.7 Å². The Hall–Kier alpha value is -1.76. The Morgan fingerprint density at radius 2 is 2.53 bits per heavy atom. The van der Waals surface area contributed by atoms with E-state index < -0.39 is 0 Å². The van der Waals surface area contributed by atoms with Crippen LogP contribution in [0.3, 0.4) is 0 Å². The lowest BCUT2D eigenvalue weighted by Crippen LogP contribution is -2.27. The van der Waals surface area contributed by atoms with E-state index in [4.69, 9.17) is 8.94 Å². The highest BCUT2D eigenvalue weighted by Crippen LogP contribution is 2.13. The SMILES string of the molecule is C[n+]1cc(/N=C(\[O-])CSCc2ccco2)on1. The summed E-state index contributed by atoms with van der Waals surface area (Å²) in [5, 5.41) is 15.0. The third-order valence-corrected chi connectivity index (χ3v) is 2.78. The number of aliphatic imine (C=N–C) groups is 1. The molecule has 0 aliphatic carbocycles. The Morgan fingerprint density at radius 3 is 3.18 bits per heavy atom. The first-order chi connectivity index (χ1) is 8.24. The van der Waals surface area contributed by atoms with Crippen LogP contribution in [0, 0.1) is 0 Å². The van der Waals surface area contributed by atoms with Gasteiger partial charge in [-0.25, -0.2) is 4.99 Å². The summed E-state index contributed by atoms with van der Waals surface area (Å²) < 4.78 is 11.4. The van der Waals surface area contributed by atoms with E-state index >= 15 is 0 Å². The number of rotatable bonds is 5. The summed E-state index contributed by atoms with van der Waals surface area (Å²) in [6, 6.07) is 3.68. The smallest absolute Gasteiger partial charge is 0.320 e. The van der Waals surface area contributed by atoms with Crippen LogP contribution in [-0.4, -0.2) is 16.9 Å². The van der Waals surface area contributed by atoms with Crippen LogP contribution < -0.4 is 9.79 Å². The first-order valence-electron chi connectivity index (χ1n) is 4.91. The van der Waals surface area contributed by atoms with Crippen LogP contribution in [0.2, 0.25) is 0 Å². The molecule has 0 saturated heterocycles. The molecule has 17 heavy (non-hydrogen) atoms. The molecule has 0 aromatic carbocycles. The van der Waals surface area contributed by atoms with Crippen molar-refractivity contribution in [3.63, 3.8) is 0 Å². The van der Waals surface area contributed by atoms with Gasteiger partial charge in [0.25, 0.3) is 6.20 Å². The second-order valence-corrected chi connectivity index (χ2v) is 4.28. The van der Waals surface area contributed by atoms with Gasteiger partial charge < -0.3 is 9.52 Å². The van der Waals surface area contributed by atoms with Crippen LogP contribution in [0.5, 0.6) is 0 Å². The van der Waals surface area contributed by atoms with Crippen molar-refractivity contribution in [2.24, 2.45) is 12.0 Å². The summed E-state index contributed by atoms with van der Waals surface area (Å²) in [6.07, 6.45) is 3.14. The molecule has 0 radical (unpaired) electrons. The molecule has 2 aromatic rings. The Morgan fingerprint density at radius 1 is 1.65 bits per heavy atom. The summed E-state index contributed by atoms with van der Waals surface area (Å²) in [5.74, 6) is 1.74. The van der Waals surface area contributed by atoms with Gasteiger partial charge in [-0.3, -0.25) is 4.52 Å². The summed E-state index contributed by atoms with van der Waals surface area (Å²) >= 11 is 1.44. The predicted octanol–water partition coefficient (Wildman–Crippen LogP) is 0.416. The Bertz CT molecular complexity index is 493. The third-order valence-electron chi connectivity index (χ3n) is 1.85. The second-order valence-electron chi connectivity index (χ2n) is 3.29. The molecule has 0 spiro atoms. The van der Waals surface area contributed by atoms with Gasteiger partial charge in [-0.1, -0.05) is 4.68 Å². The van der Waals surface area contributed by atoms with Crippen LogP contribution in [0.25, 0.3) is 0 Å². The predicted molar refractivity (Wildman–Crippen MR) is 59.6 cm³/mol. The summed E-state index contributed by atoms with van der Waals surface area (Å²) in [5.41, 5.74) is 0. The van der Waals surface area contributed by atoms with Crippen molar-refractivity contribution in [2.75, 3.05) is 5.75 Å². The van der Waals surface area contributed by atoms with E-state index in [-0.39, 0.29) is 17.5 Å². The lowest BCUT2D eigenvalue weighted by Gasteiger charge is -2.06. The summed E-state index contributed by atoms with van der Waals surface area (Å²) in [7, 11) is 1.69. The van der Waals surface area contributed by atoms with Gasteiger partial charge >= 0.3 is 5.88 Å². The van der Waals surface area contributed by atoms with E-state index in [9.17, 15) is 5.11 Å². The molecule has 0 fully saturated rings. The van der Waals surface area contributed by atoms with Crippen molar-refractivity contribution in [1.82, 2.24) is 5.27 Å². The molecule has 2 heterocycles. The maximum Gasteiger partial charge on any atom is 0.320 e. The number of nitrogens with zero attached hydrogens (tertiary/aromatic N) is 3. The normalized spacial score (nSPS) is 11.9. The van der Waals surface area contributed by atoms with Crippen molar-refractivity contribution in [3.05, 3.63) is 30.4 Å². The number of hydrogen-bond acceptors (Lipinski definition) is 6. The van der Waals surface area contributed by atoms with E-state index in [1.807, 2.05) is 12.1 Å². The molecule has 0 unspecified atom stereocenters. The lowest BCUT2D eigenvalue weighted by atomic mass is 10.5. The Kier molecular flexibility index (Phi) is 3.81. The zero-order valence-corrected chi connectivity index (χ0v) is 10.0. The van der Waals surface area contributed by atoms with Crippen molar-refractivity contribution in [2.45, 2.75) is 5.75 Å². The van der Waals surface area contributed by atoms with Crippen LogP contribution in [0.4, 0.5) is 5.88 Å². The van der Waals surface area contributed by atoms with E-state index in [2.05, 4.69) is 10.3 Å². The molecule has 0 atom stereocenters. The molecule has 0 amide bonds. The molecule has 7 heteroatoms. The number of aryl methyl sites for hydroxylation is 1. The molecule has 2 aromatic heterocycles. The van der Waals surface area contributed by atoms with Gasteiger partial charge in [-0.05, 0) is 18.0 Å². The average molecular weight is 253 g/mol. The van der Waals surface area contributed by atoms with Crippen LogP contribution in [0.1, 0.15) is 5.76 Å². The molecule has 0 aliphatic rings. The van der Waals surface area contributed by atoms with Gasteiger partial charge in [0.15, 0.2) is 12.3 Å². The van der Waals surface area contributed by atoms with E-state index in [1.54, 1.807) is 13.3 Å². The first kappa shape index (κ1) is 11.7. The fourth-order valence-electron chi connectivity index (χ4n) is 1.15. The van der Waals surface area contributed by atoms with E-state index in [0.717, 1.165) is 5.76 Å². The second kappa shape index (κ2) is 5.53. The highest BCUT2D eigenvalue weighted by molar-refractivity contribution is 7.99. The Balaban J connectivity index is 1.81. The van der Waals surface area contributed by atoms with Crippen LogP contribution in [0.15, 0.2) is 38.5 Å². The average Bonchev–Trinajstić information content (AvgIpc) is 2.90. The van der Waals surface area contributed by atoms with E-state index in [1.165, 1.54) is 22.6 Å². The van der Waals surface area contributed by atoms with Crippen LogP contribution in [-0.2, 0) is 12.8 Å².